The number of ether oxygens (including phenoxy) is 1. The number of methoxy groups -OCH3 is 1. The molecule has 0 saturated carbocycles. The van der Waals surface area contributed by atoms with Crippen molar-refractivity contribution in [1.82, 2.24) is 0 Å². The van der Waals surface area contributed by atoms with Crippen molar-refractivity contribution in [2.45, 2.75) is 0 Å². The Kier molecular flexibility index (Phi) is 5.50. The number of nitrogens with zero attached hydrogens (tertiary/aromatic N) is 1. The molecular weight excluding hydrogens is 480 g/mol. The van der Waals surface area contributed by atoms with Crippen molar-refractivity contribution in [3.05, 3.63) is 87.4 Å². The first-order valence-electron chi connectivity index (χ1n) is 9.29. The maximum absolute atomic E-state index is 13.0. The Bertz CT molecular complexity index is 1300. The molecule has 3 amide bonds. The number of anilines is 2. The molecule has 160 valence electrons. The van der Waals surface area contributed by atoms with Crippen LogP contribution < -0.4 is 20.1 Å². The third-order valence-electron chi connectivity index (χ3n) is 4.91. The van der Waals surface area contributed by atoms with Gasteiger partial charge < -0.3 is 20.0 Å². The van der Waals surface area contributed by atoms with Crippen LogP contribution in [-0.4, -0.2) is 30.8 Å². The summed E-state index contributed by atoms with van der Waals surface area (Å²) in [5.74, 6) is -2.70. The van der Waals surface area contributed by atoms with Gasteiger partial charge in [0.1, 0.15) is 5.75 Å². The number of rotatable bonds is 5. The average molecular weight is 494 g/mol. The van der Waals surface area contributed by atoms with Crippen molar-refractivity contribution in [2.24, 2.45) is 0 Å². The first kappa shape index (κ1) is 21.3. The zero-order valence-electron chi connectivity index (χ0n) is 16.5. The summed E-state index contributed by atoms with van der Waals surface area (Å²) in [5, 5.41) is 13.9. The van der Waals surface area contributed by atoms with Crippen molar-refractivity contribution >= 4 is 51.0 Å². The number of fused-ring (bicyclic) bond motifs is 1. The minimum Gasteiger partial charge on any atom is -0.545 e. The van der Waals surface area contributed by atoms with Gasteiger partial charge in [0.15, 0.2) is 0 Å². The van der Waals surface area contributed by atoms with Crippen LogP contribution in [0.1, 0.15) is 41.4 Å². The smallest absolute Gasteiger partial charge is 0.266 e. The van der Waals surface area contributed by atoms with Crippen LogP contribution in [0.15, 0.2) is 65.1 Å². The molecular formula is C23H14BrN2O6-. The number of carbonyl (C=O) groups is 4. The maximum Gasteiger partial charge on any atom is 0.266 e. The monoisotopic (exact) mass is 493 g/mol. The number of carbonyl (C=O) groups excluding carboxylic acids is 4. The molecule has 3 aromatic rings. The molecule has 0 bridgehead atoms. The van der Waals surface area contributed by atoms with E-state index in [4.69, 9.17) is 4.74 Å². The Labute approximate surface area is 190 Å². The number of carboxylic acids is 1. The number of imide groups is 1. The van der Waals surface area contributed by atoms with Gasteiger partial charge in [0.2, 0.25) is 0 Å². The first-order valence-corrected chi connectivity index (χ1v) is 10.1. The zero-order chi connectivity index (χ0) is 23.0. The predicted octanol–water partition coefficient (Wildman–Crippen LogP) is 2.87. The molecule has 0 spiro atoms. The Morgan fingerprint density at radius 2 is 1.72 bits per heavy atom. The fourth-order valence-corrected chi connectivity index (χ4v) is 3.72. The van der Waals surface area contributed by atoms with Gasteiger partial charge in [-0.05, 0) is 48.5 Å². The van der Waals surface area contributed by atoms with E-state index in [0.717, 1.165) is 4.90 Å². The highest BCUT2D eigenvalue weighted by Crippen LogP contribution is 2.31. The minimum absolute atomic E-state index is 0.0408. The van der Waals surface area contributed by atoms with Gasteiger partial charge in [0.25, 0.3) is 17.7 Å². The predicted molar refractivity (Wildman–Crippen MR) is 117 cm³/mol. The van der Waals surface area contributed by atoms with Gasteiger partial charge in [-0.1, -0.05) is 22.0 Å². The average Bonchev–Trinajstić information content (AvgIpc) is 3.04. The van der Waals surface area contributed by atoms with Gasteiger partial charge in [-0.2, -0.15) is 0 Å². The van der Waals surface area contributed by atoms with E-state index < -0.39 is 23.7 Å². The lowest BCUT2D eigenvalue weighted by Gasteiger charge is -2.14. The molecule has 0 aliphatic carbocycles. The van der Waals surface area contributed by atoms with E-state index in [1.807, 2.05) is 0 Å². The number of carboxylic acid groups (broad SMARTS) is 1. The largest absolute Gasteiger partial charge is 0.545 e. The lowest BCUT2D eigenvalue weighted by atomic mass is 10.0. The van der Waals surface area contributed by atoms with Crippen LogP contribution in [0.25, 0.3) is 0 Å². The van der Waals surface area contributed by atoms with E-state index in [1.54, 1.807) is 30.3 Å². The first-order chi connectivity index (χ1) is 15.3. The lowest BCUT2D eigenvalue weighted by molar-refractivity contribution is -0.254. The van der Waals surface area contributed by atoms with Crippen LogP contribution in [0.3, 0.4) is 0 Å². The van der Waals surface area contributed by atoms with Gasteiger partial charge >= 0.3 is 0 Å². The Balaban J connectivity index is 1.64. The second-order valence-electron chi connectivity index (χ2n) is 6.84. The third kappa shape index (κ3) is 3.74. The van der Waals surface area contributed by atoms with Gasteiger partial charge in [-0.25, -0.2) is 4.90 Å². The van der Waals surface area contributed by atoms with Crippen LogP contribution >= 0.6 is 15.9 Å². The molecule has 1 heterocycles. The molecule has 0 radical (unpaired) electrons. The molecule has 4 rings (SSSR count). The van der Waals surface area contributed by atoms with E-state index in [1.165, 1.54) is 37.4 Å². The van der Waals surface area contributed by atoms with E-state index in [-0.39, 0.29) is 27.9 Å². The number of amides is 3. The van der Waals surface area contributed by atoms with Gasteiger partial charge in [0.05, 0.1) is 35.6 Å². The van der Waals surface area contributed by atoms with E-state index in [9.17, 15) is 24.3 Å². The standard InChI is InChI=1S/C23H15BrN2O6/c1-32-15-4-2-3-14(11-15)26-21(28)16-7-5-12(9-17(16)22(26)29)20(27)25-19-8-6-13(24)10-18(19)23(30)31/h2-11H,1H3,(H,25,27)(H,30,31)/p-1. The zero-order valence-corrected chi connectivity index (χ0v) is 18.1. The molecule has 0 unspecified atom stereocenters. The SMILES string of the molecule is COc1cccc(N2C(=O)c3ccc(C(=O)Nc4ccc(Br)cc4C(=O)[O-])cc3C2=O)c1. The van der Waals surface area contributed by atoms with Crippen LogP contribution in [0.4, 0.5) is 11.4 Å². The fourth-order valence-electron chi connectivity index (χ4n) is 3.35. The van der Waals surface area contributed by atoms with Crippen molar-refractivity contribution in [2.75, 3.05) is 17.3 Å². The molecule has 0 fully saturated rings. The summed E-state index contributed by atoms with van der Waals surface area (Å²) in [4.78, 5) is 50.9. The van der Waals surface area contributed by atoms with Crippen molar-refractivity contribution < 1.29 is 29.0 Å². The molecule has 1 aliphatic rings. The molecule has 3 aromatic carbocycles. The van der Waals surface area contributed by atoms with Crippen molar-refractivity contribution in [3.63, 3.8) is 0 Å². The van der Waals surface area contributed by atoms with Gasteiger partial charge in [-0.3, -0.25) is 14.4 Å². The highest BCUT2D eigenvalue weighted by molar-refractivity contribution is 9.10. The normalized spacial score (nSPS) is 12.5. The third-order valence-corrected chi connectivity index (χ3v) is 5.40. The number of aromatic carboxylic acids is 1. The summed E-state index contributed by atoms with van der Waals surface area (Å²) < 4.78 is 5.66. The summed E-state index contributed by atoms with van der Waals surface area (Å²) in [6, 6.07) is 14.9. The summed E-state index contributed by atoms with van der Waals surface area (Å²) in [5.41, 5.74) is 0.498. The molecule has 9 heteroatoms. The number of nitrogens with one attached hydrogen (secondary N) is 1. The van der Waals surface area contributed by atoms with E-state index in [0.29, 0.717) is 15.9 Å². The maximum atomic E-state index is 13.0. The summed E-state index contributed by atoms with van der Waals surface area (Å²) in [7, 11) is 1.48. The minimum atomic E-state index is -1.45. The van der Waals surface area contributed by atoms with Crippen molar-refractivity contribution in [1.29, 1.82) is 0 Å². The second-order valence-corrected chi connectivity index (χ2v) is 7.75. The van der Waals surface area contributed by atoms with E-state index in [2.05, 4.69) is 21.2 Å². The Hall–Kier alpha value is -3.98. The second kappa shape index (κ2) is 8.27. The Morgan fingerprint density at radius 1 is 0.969 bits per heavy atom. The molecule has 1 aliphatic heterocycles. The number of hydrogen-bond acceptors (Lipinski definition) is 6. The summed E-state index contributed by atoms with van der Waals surface area (Å²) >= 11 is 3.17. The highest BCUT2D eigenvalue weighted by atomic mass is 79.9. The highest BCUT2D eigenvalue weighted by Gasteiger charge is 2.37. The topological polar surface area (TPSA) is 116 Å². The fraction of sp³-hybridized carbons (Fsp3) is 0.0435. The molecule has 0 saturated heterocycles. The van der Waals surface area contributed by atoms with Gasteiger partial charge in [-0.15, -0.1) is 0 Å². The quantitative estimate of drug-likeness (QED) is 0.546. The molecule has 0 aromatic heterocycles. The molecule has 8 nitrogen and oxygen atoms in total. The van der Waals surface area contributed by atoms with Crippen LogP contribution in [0.2, 0.25) is 0 Å². The van der Waals surface area contributed by atoms with Crippen LogP contribution in [0, 0.1) is 0 Å². The summed E-state index contributed by atoms with van der Waals surface area (Å²) in [6.07, 6.45) is 0. The summed E-state index contributed by atoms with van der Waals surface area (Å²) in [6.45, 7) is 0. The number of benzene rings is 3. The molecule has 0 atom stereocenters. The number of halogens is 1. The van der Waals surface area contributed by atoms with Gasteiger partial charge in [0, 0.05) is 21.7 Å². The number of hydrogen-bond donors (Lipinski definition) is 1. The lowest BCUT2D eigenvalue weighted by Crippen LogP contribution is -2.29. The molecule has 1 N–H and O–H groups in total. The van der Waals surface area contributed by atoms with Crippen LogP contribution in [0.5, 0.6) is 5.75 Å². The van der Waals surface area contributed by atoms with E-state index >= 15 is 0 Å². The van der Waals surface area contributed by atoms with Crippen LogP contribution in [-0.2, 0) is 0 Å². The Morgan fingerprint density at radius 3 is 2.44 bits per heavy atom. The molecule has 32 heavy (non-hydrogen) atoms. The van der Waals surface area contributed by atoms with Crippen molar-refractivity contribution in [3.8, 4) is 5.75 Å².